The summed E-state index contributed by atoms with van der Waals surface area (Å²) in [4.78, 5) is 22.7. The summed E-state index contributed by atoms with van der Waals surface area (Å²) in [6.07, 6.45) is 0. The normalized spacial score (nSPS) is 10.1. The Morgan fingerprint density at radius 1 is 1.17 bits per heavy atom. The van der Waals surface area contributed by atoms with Gasteiger partial charge in [0.1, 0.15) is 11.5 Å². The van der Waals surface area contributed by atoms with E-state index in [0.717, 1.165) is 10.0 Å². The molecule has 0 heterocycles. The van der Waals surface area contributed by atoms with Gasteiger partial charge >= 0.3 is 0 Å². The van der Waals surface area contributed by atoms with Crippen LogP contribution >= 0.6 is 15.9 Å². The molecule has 0 aromatic heterocycles. The maximum Gasteiger partial charge on any atom is 0.270 e. The van der Waals surface area contributed by atoms with Crippen molar-refractivity contribution < 1.29 is 19.2 Å². The number of nitro benzene ring substituents is 1. The summed E-state index contributed by atoms with van der Waals surface area (Å²) in [6.45, 7) is 0.202. The molecule has 0 saturated carbocycles. The number of halogens is 1. The molecular weight excluding hydrogens is 380 g/mol. The van der Waals surface area contributed by atoms with Crippen molar-refractivity contribution in [1.82, 2.24) is 5.32 Å². The summed E-state index contributed by atoms with van der Waals surface area (Å²) in [5, 5.41) is 13.6. The van der Waals surface area contributed by atoms with Crippen LogP contribution in [0.5, 0.6) is 11.5 Å². The molecule has 0 aliphatic carbocycles. The minimum Gasteiger partial charge on any atom is -0.496 e. The Morgan fingerprint density at radius 3 is 2.46 bits per heavy atom. The molecule has 0 fully saturated rings. The Kier molecular flexibility index (Phi) is 5.75. The third-order valence-corrected chi connectivity index (χ3v) is 3.81. The summed E-state index contributed by atoms with van der Waals surface area (Å²) in [7, 11) is 2.94. The number of nitro groups is 1. The van der Waals surface area contributed by atoms with Crippen molar-refractivity contribution in [2.45, 2.75) is 6.54 Å². The molecule has 2 aromatic carbocycles. The lowest BCUT2D eigenvalue weighted by molar-refractivity contribution is -0.384. The number of nitrogens with one attached hydrogen (secondary N) is 1. The highest BCUT2D eigenvalue weighted by Gasteiger charge is 2.17. The van der Waals surface area contributed by atoms with Crippen molar-refractivity contribution in [3.63, 3.8) is 0 Å². The van der Waals surface area contributed by atoms with Crippen LogP contribution in [0.4, 0.5) is 5.69 Å². The van der Waals surface area contributed by atoms with Gasteiger partial charge < -0.3 is 14.8 Å². The van der Waals surface area contributed by atoms with E-state index < -0.39 is 10.8 Å². The number of nitrogens with zero attached hydrogens (tertiary/aromatic N) is 1. The second kappa shape index (κ2) is 7.78. The number of non-ortho nitro benzene ring substituents is 1. The SMILES string of the molecule is COc1ccc(Br)cc1CNC(=O)c1cc([N+](=O)[O-])ccc1OC. The topological polar surface area (TPSA) is 90.7 Å². The third kappa shape index (κ3) is 4.02. The van der Waals surface area contributed by atoms with Crippen LogP contribution in [0.2, 0.25) is 0 Å². The summed E-state index contributed by atoms with van der Waals surface area (Å²) in [6, 6.07) is 9.29. The van der Waals surface area contributed by atoms with Gasteiger partial charge in [-0.25, -0.2) is 0 Å². The first-order valence-electron chi connectivity index (χ1n) is 6.89. The second-order valence-electron chi connectivity index (χ2n) is 4.78. The summed E-state index contributed by atoms with van der Waals surface area (Å²) in [5.41, 5.74) is 0.686. The molecule has 2 rings (SSSR count). The van der Waals surface area contributed by atoms with Gasteiger partial charge in [0.25, 0.3) is 11.6 Å². The highest BCUT2D eigenvalue weighted by molar-refractivity contribution is 9.10. The zero-order valence-electron chi connectivity index (χ0n) is 13.0. The number of hydrogen-bond donors (Lipinski definition) is 1. The van der Waals surface area contributed by atoms with Crippen LogP contribution in [-0.4, -0.2) is 25.1 Å². The summed E-state index contributed by atoms with van der Waals surface area (Å²) < 4.78 is 11.2. The maximum absolute atomic E-state index is 12.4. The van der Waals surface area contributed by atoms with Crippen molar-refractivity contribution in [3.05, 3.63) is 62.1 Å². The van der Waals surface area contributed by atoms with Crippen molar-refractivity contribution >= 4 is 27.5 Å². The van der Waals surface area contributed by atoms with E-state index >= 15 is 0 Å². The lowest BCUT2D eigenvalue weighted by Crippen LogP contribution is -2.23. The molecular formula is C16H15BrN2O5. The van der Waals surface area contributed by atoms with Crippen LogP contribution in [0, 0.1) is 10.1 Å². The Bertz CT molecular complexity index is 779. The van der Waals surface area contributed by atoms with E-state index in [4.69, 9.17) is 9.47 Å². The Balaban J connectivity index is 2.22. The molecule has 8 heteroatoms. The Hall–Kier alpha value is -2.61. The molecule has 0 spiro atoms. The number of rotatable bonds is 6. The fraction of sp³-hybridized carbons (Fsp3) is 0.188. The minimum atomic E-state index is -0.562. The van der Waals surface area contributed by atoms with E-state index in [1.54, 1.807) is 6.07 Å². The molecule has 0 unspecified atom stereocenters. The molecule has 0 radical (unpaired) electrons. The average Bonchev–Trinajstić information content (AvgIpc) is 2.59. The van der Waals surface area contributed by atoms with E-state index in [2.05, 4.69) is 21.2 Å². The number of hydrogen-bond acceptors (Lipinski definition) is 5. The van der Waals surface area contributed by atoms with Gasteiger partial charge in [0, 0.05) is 28.7 Å². The molecule has 126 valence electrons. The molecule has 1 amide bonds. The van der Waals surface area contributed by atoms with E-state index in [1.165, 1.54) is 32.4 Å². The highest BCUT2D eigenvalue weighted by atomic mass is 79.9. The van der Waals surface area contributed by atoms with Gasteiger partial charge in [-0.1, -0.05) is 15.9 Å². The molecule has 2 aromatic rings. The van der Waals surface area contributed by atoms with E-state index in [0.29, 0.717) is 5.75 Å². The van der Waals surface area contributed by atoms with Crippen molar-refractivity contribution in [1.29, 1.82) is 0 Å². The van der Waals surface area contributed by atoms with Crippen molar-refractivity contribution in [2.24, 2.45) is 0 Å². The van der Waals surface area contributed by atoms with Crippen LogP contribution in [0.1, 0.15) is 15.9 Å². The lowest BCUT2D eigenvalue weighted by atomic mass is 10.1. The van der Waals surface area contributed by atoms with E-state index in [1.807, 2.05) is 12.1 Å². The highest BCUT2D eigenvalue weighted by Crippen LogP contribution is 2.25. The fourth-order valence-electron chi connectivity index (χ4n) is 2.14. The monoisotopic (exact) mass is 394 g/mol. The zero-order chi connectivity index (χ0) is 17.7. The number of methoxy groups -OCH3 is 2. The first kappa shape index (κ1) is 17.7. The third-order valence-electron chi connectivity index (χ3n) is 3.32. The van der Waals surface area contributed by atoms with Gasteiger partial charge in [0.15, 0.2) is 0 Å². The number of amides is 1. The van der Waals surface area contributed by atoms with Crippen LogP contribution in [0.3, 0.4) is 0 Å². The lowest BCUT2D eigenvalue weighted by Gasteiger charge is -2.12. The first-order chi connectivity index (χ1) is 11.5. The summed E-state index contributed by atoms with van der Waals surface area (Å²) >= 11 is 3.36. The molecule has 0 aliphatic heterocycles. The second-order valence-corrected chi connectivity index (χ2v) is 5.70. The smallest absolute Gasteiger partial charge is 0.270 e. The standard InChI is InChI=1S/C16H15BrN2O5/c1-23-14-5-3-11(17)7-10(14)9-18-16(20)13-8-12(19(21)22)4-6-15(13)24-2/h3-8H,9H2,1-2H3,(H,18,20). The van der Waals surface area contributed by atoms with Gasteiger partial charge in [0.05, 0.1) is 24.7 Å². The predicted molar refractivity (Wildman–Crippen MR) is 91.5 cm³/mol. The van der Waals surface area contributed by atoms with Crippen LogP contribution < -0.4 is 14.8 Å². The van der Waals surface area contributed by atoms with Crippen molar-refractivity contribution in [3.8, 4) is 11.5 Å². The number of carbonyl (C=O) groups excluding carboxylic acids is 1. The minimum absolute atomic E-state index is 0.0978. The zero-order valence-corrected chi connectivity index (χ0v) is 14.6. The van der Waals surface area contributed by atoms with Crippen LogP contribution in [0.15, 0.2) is 40.9 Å². The van der Waals surface area contributed by atoms with Gasteiger partial charge in [-0.15, -0.1) is 0 Å². The molecule has 24 heavy (non-hydrogen) atoms. The van der Waals surface area contributed by atoms with Crippen LogP contribution in [0.25, 0.3) is 0 Å². The number of carbonyl (C=O) groups is 1. The Morgan fingerprint density at radius 2 is 1.83 bits per heavy atom. The maximum atomic E-state index is 12.4. The van der Waals surface area contributed by atoms with Gasteiger partial charge in [-0.2, -0.15) is 0 Å². The van der Waals surface area contributed by atoms with E-state index in [9.17, 15) is 14.9 Å². The van der Waals surface area contributed by atoms with Crippen LogP contribution in [-0.2, 0) is 6.54 Å². The predicted octanol–water partition coefficient (Wildman–Crippen LogP) is 3.30. The molecule has 0 bridgehead atoms. The fourth-order valence-corrected chi connectivity index (χ4v) is 2.55. The molecule has 0 saturated heterocycles. The largest absolute Gasteiger partial charge is 0.496 e. The van der Waals surface area contributed by atoms with E-state index in [-0.39, 0.29) is 23.5 Å². The molecule has 0 aliphatic rings. The van der Waals surface area contributed by atoms with Gasteiger partial charge in [-0.3, -0.25) is 14.9 Å². The number of ether oxygens (including phenoxy) is 2. The Labute approximate surface area is 146 Å². The first-order valence-corrected chi connectivity index (χ1v) is 7.68. The number of benzene rings is 2. The summed E-state index contributed by atoms with van der Waals surface area (Å²) in [5.74, 6) is 0.418. The average molecular weight is 395 g/mol. The molecule has 0 atom stereocenters. The quantitative estimate of drug-likeness (QED) is 0.599. The van der Waals surface area contributed by atoms with Gasteiger partial charge in [0.2, 0.25) is 0 Å². The van der Waals surface area contributed by atoms with Crippen molar-refractivity contribution in [2.75, 3.05) is 14.2 Å². The molecule has 7 nitrogen and oxygen atoms in total. The molecule has 1 N–H and O–H groups in total. The van der Waals surface area contributed by atoms with Gasteiger partial charge in [-0.05, 0) is 24.3 Å².